The summed E-state index contributed by atoms with van der Waals surface area (Å²) in [4.78, 5) is 41.3. The average Bonchev–Trinajstić information content (AvgIpc) is 2.97. The van der Waals surface area contributed by atoms with Gasteiger partial charge in [-0.1, -0.05) is 41.4 Å². The number of carbonyl (C=O) groups excluding carboxylic acids is 2. The van der Waals surface area contributed by atoms with Gasteiger partial charge in [-0.15, -0.1) is 0 Å². The van der Waals surface area contributed by atoms with E-state index in [0.717, 1.165) is 23.4 Å². The van der Waals surface area contributed by atoms with Crippen LogP contribution in [-0.2, 0) is 17.8 Å². The van der Waals surface area contributed by atoms with Crippen LogP contribution in [0.1, 0.15) is 39.5 Å². The summed E-state index contributed by atoms with van der Waals surface area (Å²) in [5.41, 5.74) is 4.04. The van der Waals surface area contributed by atoms with Gasteiger partial charge < -0.3 is 20.1 Å². The predicted octanol–water partition coefficient (Wildman–Crippen LogP) is 6.66. The molecule has 0 saturated carbocycles. The number of nitrogens with zero attached hydrogens (tertiary/aromatic N) is 2. The van der Waals surface area contributed by atoms with E-state index >= 15 is 0 Å². The van der Waals surface area contributed by atoms with E-state index in [1.807, 2.05) is 29.7 Å². The van der Waals surface area contributed by atoms with Gasteiger partial charge in [0, 0.05) is 64.2 Å². The van der Waals surface area contributed by atoms with E-state index < -0.39 is 11.7 Å². The summed E-state index contributed by atoms with van der Waals surface area (Å²) < 4.78 is 16.3. The second-order valence-corrected chi connectivity index (χ2v) is 12.0. The minimum atomic E-state index is -0.564. The highest BCUT2D eigenvalue weighted by atomic mass is 35.5. The zero-order valence-corrected chi connectivity index (χ0v) is 24.9. The number of pyridine rings is 1. The number of carbonyl (C=O) groups is 2. The van der Waals surface area contributed by atoms with Gasteiger partial charge in [0.2, 0.25) is 5.91 Å². The maximum absolute atomic E-state index is 14.5. The largest absolute Gasteiger partial charge is 0.369 e. The normalized spacial score (nSPS) is 17.3. The minimum Gasteiger partial charge on any atom is -0.369 e. The van der Waals surface area contributed by atoms with Crippen LogP contribution in [0.3, 0.4) is 0 Å². The molecule has 2 amide bonds. The van der Waals surface area contributed by atoms with E-state index in [1.54, 1.807) is 36.4 Å². The third-order valence-electron chi connectivity index (χ3n) is 8.20. The number of nitrogens with one attached hydrogen (secondary N) is 2. The number of aromatic nitrogens is 1. The Labute approximate surface area is 258 Å². The summed E-state index contributed by atoms with van der Waals surface area (Å²) in [5.74, 6) is -1.03. The lowest BCUT2D eigenvalue weighted by atomic mass is 9.83. The van der Waals surface area contributed by atoms with Gasteiger partial charge in [-0.2, -0.15) is 0 Å². The third-order valence-corrected chi connectivity index (χ3v) is 8.79. The fourth-order valence-electron chi connectivity index (χ4n) is 6.13. The van der Waals surface area contributed by atoms with Gasteiger partial charge in [0.05, 0.1) is 17.8 Å². The number of hydrogen-bond acceptors (Lipinski definition) is 4. The maximum atomic E-state index is 14.5. The molecule has 2 aliphatic rings. The molecule has 0 radical (unpaired) electrons. The number of benzene rings is 3. The van der Waals surface area contributed by atoms with Crippen LogP contribution in [0, 0.1) is 18.7 Å². The highest BCUT2D eigenvalue weighted by molar-refractivity contribution is 6.31. The quantitative estimate of drug-likeness (QED) is 0.253. The van der Waals surface area contributed by atoms with Crippen molar-refractivity contribution in [3.05, 3.63) is 121 Å². The molecule has 3 heterocycles. The Hall–Kier alpha value is -4.14. The average molecular weight is 620 g/mol. The van der Waals surface area contributed by atoms with Crippen molar-refractivity contribution >= 4 is 52.1 Å². The molecule has 7 nitrogen and oxygen atoms in total. The molecule has 10 heteroatoms. The van der Waals surface area contributed by atoms with Crippen LogP contribution in [0.25, 0.3) is 0 Å². The van der Waals surface area contributed by atoms with Gasteiger partial charge in [0.15, 0.2) is 0 Å². The zero-order chi connectivity index (χ0) is 30.2. The molecule has 6 rings (SSSR count). The summed E-state index contributed by atoms with van der Waals surface area (Å²) in [6.45, 7) is 3.80. The Morgan fingerprint density at radius 3 is 2.56 bits per heavy atom. The Kier molecular flexibility index (Phi) is 7.99. The van der Waals surface area contributed by atoms with E-state index in [9.17, 15) is 18.8 Å². The van der Waals surface area contributed by atoms with Crippen molar-refractivity contribution in [1.82, 2.24) is 4.57 Å². The SMILES string of the molecule is Cc1ccc(Cl)cc1NC(=O)c1ccc(N2C[C@H]3C[C@@H](C2)c2cccc(=O)n2C3)c(NC(=O)Cc2c(F)cccc2Cl)c1. The van der Waals surface area contributed by atoms with Crippen LogP contribution < -0.4 is 21.1 Å². The maximum Gasteiger partial charge on any atom is 0.255 e. The first-order valence-corrected chi connectivity index (χ1v) is 14.8. The first kappa shape index (κ1) is 29.0. The van der Waals surface area contributed by atoms with Gasteiger partial charge >= 0.3 is 0 Å². The highest BCUT2D eigenvalue weighted by Crippen LogP contribution is 2.39. The van der Waals surface area contributed by atoms with Gasteiger partial charge in [0.1, 0.15) is 5.82 Å². The molecule has 2 N–H and O–H groups in total. The summed E-state index contributed by atoms with van der Waals surface area (Å²) in [6.07, 6.45) is 0.692. The lowest BCUT2D eigenvalue weighted by molar-refractivity contribution is -0.115. The van der Waals surface area contributed by atoms with E-state index in [1.165, 1.54) is 18.2 Å². The summed E-state index contributed by atoms with van der Waals surface area (Å²) in [7, 11) is 0. The molecule has 1 fully saturated rings. The van der Waals surface area contributed by atoms with Crippen molar-refractivity contribution in [2.24, 2.45) is 5.92 Å². The molecule has 2 bridgehead atoms. The van der Waals surface area contributed by atoms with Gasteiger partial charge in [-0.05, 0) is 73.4 Å². The molecule has 2 atom stereocenters. The third kappa shape index (κ3) is 6.03. The van der Waals surface area contributed by atoms with Crippen molar-refractivity contribution < 1.29 is 14.0 Å². The smallest absolute Gasteiger partial charge is 0.255 e. The van der Waals surface area contributed by atoms with Crippen molar-refractivity contribution in [2.45, 2.75) is 32.2 Å². The zero-order valence-electron chi connectivity index (χ0n) is 23.4. The van der Waals surface area contributed by atoms with E-state index in [-0.39, 0.29) is 40.3 Å². The Morgan fingerprint density at radius 1 is 0.930 bits per heavy atom. The van der Waals surface area contributed by atoms with Crippen LogP contribution in [-0.4, -0.2) is 29.5 Å². The van der Waals surface area contributed by atoms with Crippen LogP contribution >= 0.6 is 23.2 Å². The molecule has 1 aromatic heterocycles. The standard InChI is InChI=1S/C33H29Cl2FN4O3/c1-19-8-10-23(34)14-27(19)38-33(43)21-9-11-30(28(13-21)37-31(41)15-24-25(35)4-2-5-26(24)36)39-16-20-12-22(18-39)29-6-3-7-32(42)40(29)17-20/h2-11,13-14,20,22H,12,15-18H2,1H3,(H,37,41)(H,38,43)/t20-,22+/m1/s1. The van der Waals surface area contributed by atoms with Crippen LogP contribution in [0.2, 0.25) is 10.0 Å². The van der Waals surface area contributed by atoms with Crippen LogP contribution in [0.4, 0.5) is 21.5 Å². The Bertz CT molecular complexity index is 1790. The lowest BCUT2D eigenvalue weighted by Gasteiger charge is -2.44. The van der Waals surface area contributed by atoms with Crippen molar-refractivity contribution in [1.29, 1.82) is 0 Å². The number of fused-ring (bicyclic) bond motifs is 4. The molecule has 2 aliphatic heterocycles. The number of halogens is 3. The van der Waals surface area contributed by atoms with Gasteiger partial charge in [0.25, 0.3) is 11.5 Å². The van der Waals surface area contributed by atoms with Gasteiger partial charge in [-0.25, -0.2) is 4.39 Å². The molecule has 4 aromatic rings. The van der Waals surface area contributed by atoms with E-state index in [4.69, 9.17) is 23.2 Å². The number of hydrogen-bond donors (Lipinski definition) is 2. The molecule has 43 heavy (non-hydrogen) atoms. The Morgan fingerprint density at radius 2 is 1.74 bits per heavy atom. The molecule has 0 spiro atoms. The van der Waals surface area contributed by atoms with E-state index in [2.05, 4.69) is 15.5 Å². The second-order valence-electron chi connectivity index (χ2n) is 11.2. The fraction of sp³-hybridized carbons (Fsp3) is 0.242. The number of aryl methyl sites for hydroxylation is 1. The first-order valence-electron chi connectivity index (χ1n) is 14.0. The van der Waals surface area contributed by atoms with Crippen molar-refractivity contribution in [2.75, 3.05) is 28.6 Å². The monoisotopic (exact) mass is 618 g/mol. The van der Waals surface area contributed by atoms with Crippen LogP contribution in [0.5, 0.6) is 0 Å². The summed E-state index contributed by atoms with van der Waals surface area (Å²) in [6, 6.07) is 20.1. The first-order chi connectivity index (χ1) is 20.7. The fourth-order valence-corrected chi connectivity index (χ4v) is 6.53. The molecule has 220 valence electrons. The highest BCUT2D eigenvalue weighted by Gasteiger charge is 2.35. The summed E-state index contributed by atoms with van der Waals surface area (Å²) in [5, 5.41) is 6.48. The van der Waals surface area contributed by atoms with Crippen LogP contribution in [0.15, 0.2) is 77.6 Å². The number of anilines is 3. The summed E-state index contributed by atoms with van der Waals surface area (Å²) >= 11 is 12.3. The molecule has 0 aliphatic carbocycles. The lowest BCUT2D eigenvalue weighted by Crippen LogP contribution is -2.47. The molecular weight excluding hydrogens is 590 g/mol. The van der Waals surface area contributed by atoms with E-state index in [0.29, 0.717) is 41.6 Å². The number of piperidine rings is 1. The molecule has 0 unspecified atom stereocenters. The number of amides is 2. The predicted molar refractivity (Wildman–Crippen MR) is 168 cm³/mol. The molecular formula is C33H29Cl2FN4O3. The Balaban J connectivity index is 1.32. The van der Waals surface area contributed by atoms with Crippen molar-refractivity contribution in [3.63, 3.8) is 0 Å². The number of rotatable bonds is 6. The van der Waals surface area contributed by atoms with Gasteiger partial charge in [-0.3, -0.25) is 14.4 Å². The second kappa shape index (κ2) is 11.9. The minimum absolute atomic E-state index is 0.00529. The molecule has 1 saturated heterocycles. The topological polar surface area (TPSA) is 83.4 Å². The van der Waals surface area contributed by atoms with Crippen molar-refractivity contribution in [3.8, 4) is 0 Å². The molecule has 3 aromatic carbocycles.